The summed E-state index contributed by atoms with van der Waals surface area (Å²) in [6, 6.07) is 15.9. The number of benzene rings is 2. The van der Waals surface area contributed by atoms with Crippen LogP contribution in [0.5, 0.6) is 0 Å². The first-order valence-corrected chi connectivity index (χ1v) is 7.92. The van der Waals surface area contributed by atoms with Gasteiger partial charge in [-0.25, -0.2) is 0 Å². The molecule has 1 N–H and O–H groups in total. The molecule has 0 unspecified atom stereocenters. The molecule has 1 atom stereocenters. The molecule has 0 fully saturated rings. The minimum Gasteiger partial charge on any atom is -0.346 e. The number of aryl methyl sites for hydroxylation is 1. The van der Waals surface area contributed by atoms with Crippen LogP contribution in [0, 0.1) is 0 Å². The molecule has 0 heterocycles. The van der Waals surface area contributed by atoms with Crippen LogP contribution in [-0.2, 0) is 11.2 Å². The average molecular weight is 312 g/mol. The van der Waals surface area contributed by atoms with Gasteiger partial charge in [0.15, 0.2) is 0 Å². The molecule has 0 aromatic heterocycles. The van der Waals surface area contributed by atoms with Crippen LogP contribution in [0.25, 0.3) is 6.08 Å². The first kappa shape index (κ1) is 14.9. The van der Waals surface area contributed by atoms with Gasteiger partial charge in [0, 0.05) is 11.1 Å². The fraction of sp³-hybridized carbons (Fsp3) is 0.211. The third-order valence-corrected chi connectivity index (χ3v) is 4.20. The Bertz CT molecular complexity index is 708. The highest BCUT2D eigenvalue weighted by Crippen LogP contribution is 2.29. The van der Waals surface area contributed by atoms with Gasteiger partial charge in [0.25, 0.3) is 0 Å². The zero-order valence-electron chi connectivity index (χ0n) is 12.3. The number of halogens is 1. The summed E-state index contributed by atoms with van der Waals surface area (Å²) in [5, 5.41) is 3.77. The number of amides is 1. The van der Waals surface area contributed by atoms with Crippen molar-refractivity contribution < 1.29 is 4.79 Å². The number of fused-ring (bicyclic) bond motifs is 1. The van der Waals surface area contributed by atoms with E-state index in [-0.39, 0.29) is 11.9 Å². The van der Waals surface area contributed by atoms with Gasteiger partial charge in [0.05, 0.1) is 6.04 Å². The highest BCUT2D eigenvalue weighted by Gasteiger charge is 2.20. The molecule has 112 valence electrons. The van der Waals surface area contributed by atoms with Crippen molar-refractivity contribution in [1.29, 1.82) is 0 Å². The smallest absolute Gasteiger partial charge is 0.244 e. The van der Waals surface area contributed by atoms with E-state index in [0.717, 1.165) is 24.8 Å². The summed E-state index contributed by atoms with van der Waals surface area (Å²) < 4.78 is 0. The number of carbonyl (C=O) groups is 1. The Morgan fingerprint density at radius 1 is 1.18 bits per heavy atom. The lowest BCUT2D eigenvalue weighted by Crippen LogP contribution is -2.29. The van der Waals surface area contributed by atoms with E-state index in [1.54, 1.807) is 12.2 Å². The van der Waals surface area contributed by atoms with E-state index in [1.165, 1.54) is 11.1 Å². The molecule has 0 radical (unpaired) electrons. The van der Waals surface area contributed by atoms with Crippen LogP contribution in [0.2, 0.25) is 5.02 Å². The second-order valence-corrected chi connectivity index (χ2v) is 5.98. The lowest BCUT2D eigenvalue weighted by molar-refractivity contribution is -0.117. The molecule has 1 aliphatic rings. The van der Waals surface area contributed by atoms with Crippen molar-refractivity contribution >= 4 is 23.6 Å². The monoisotopic (exact) mass is 311 g/mol. The van der Waals surface area contributed by atoms with Crippen molar-refractivity contribution in [3.8, 4) is 0 Å². The number of rotatable bonds is 3. The van der Waals surface area contributed by atoms with Crippen molar-refractivity contribution in [2.45, 2.75) is 25.3 Å². The fourth-order valence-electron chi connectivity index (χ4n) is 2.91. The highest BCUT2D eigenvalue weighted by molar-refractivity contribution is 6.30. The lowest BCUT2D eigenvalue weighted by atomic mass is 9.88. The maximum absolute atomic E-state index is 12.1. The predicted octanol–water partition coefficient (Wildman–Crippen LogP) is 4.55. The molecular formula is C19H18ClNO. The van der Waals surface area contributed by atoms with E-state index in [2.05, 4.69) is 23.5 Å². The molecule has 3 heteroatoms. The lowest BCUT2D eigenvalue weighted by Gasteiger charge is -2.25. The van der Waals surface area contributed by atoms with Crippen LogP contribution in [0.4, 0.5) is 0 Å². The molecular weight excluding hydrogens is 294 g/mol. The van der Waals surface area contributed by atoms with Crippen molar-refractivity contribution in [2.75, 3.05) is 0 Å². The Kier molecular flexibility index (Phi) is 4.59. The second kappa shape index (κ2) is 6.80. The van der Waals surface area contributed by atoms with Crippen LogP contribution in [0.1, 0.15) is 35.6 Å². The van der Waals surface area contributed by atoms with Crippen LogP contribution >= 0.6 is 11.6 Å². The zero-order chi connectivity index (χ0) is 15.4. The minimum absolute atomic E-state index is 0.0679. The number of hydrogen-bond donors (Lipinski definition) is 1. The van der Waals surface area contributed by atoms with E-state index in [4.69, 9.17) is 11.6 Å². The summed E-state index contributed by atoms with van der Waals surface area (Å²) in [6.45, 7) is 0. The van der Waals surface area contributed by atoms with Crippen molar-refractivity contribution in [3.63, 3.8) is 0 Å². The van der Waals surface area contributed by atoms with Gasteiger partial charge in [0.1, 0.15) is 0 Å². The van der Waals surface area contributed by atoms with Gasteiger partial charge in [-0.15, -0.1) is 0 Å². The molecule has 0 bridgehead atoms. The fourth-order valence-corrected chi connectivity index (χ4v) is 3.10. The van der Waals surface area contributed by atoms with Crippen molar-refractivity contribution in [3.05, 3.63) is 76.3 Å². The SMILES string of the molecule is O=C(/C=C/c1cccc(Cl)c1)N[C@H]1CCCc2ccccc21. The molecule has 3 rings (SSSR count). The maximum Gasteiger partial charge on any atom is 0.244 e. The van der Waals surface area contributed by atoms with E-state index < -0.39 is 0 Å². The normalized spacial score (nSPS) is 17.2. The van der Waals surface area contributed by atoms with Gasteiger partial charge >= 0.3 is 0 Å². The Hall–Kier alpha value is -2.06. The van der Waals surface area contributed by atoms with Crippen LogP contribution in [0.15, 0.2) is 54.6 Å². The van der Waals surface area contributed by atoms with Crippen LogP contribution in [0.3, 0.4) is 0 Å². The minimum atomic E-state index is -0.0679. The van der Waals surface area contributed by atoms with E-state index in [9.17, 15) is 4.79 Å². The topological polar surface area (TPSA) is 29.1 Å². The molecule has 0 spiro atoms. The first-order valence-electron chi connectivity index (χ1n) is 7.54. The molecule has 0 saturated heterocycles. The summed E-state index contributed by atoms with van der Waals surface area (Å²) >= 11 is 5.94. The highest BCUT2D eigenvalue weighted by atomic mass is 35.5. The largest absolute Gasteiger partial charge is 0.346 e. The van der Waals surface area contributed by atoms with Gasteiger partial charge < -0.3 is 5.32 Å². The summed E-state index contributed by atoms with van der Waals surface area (Å²) in [7, 11) is 0. The van der Waals surface area contributed by atoms with Crippen LogP contribution in [-0.4, -0.2) is 5.91 Å². The zero-order valence-corrected chi connectivity index (χ0v) is 13.0. The summed E-state index contributed by atoms with van der Waals surface area (Å²) in [5.74, 6) is -0.0679. The Morgan fingerprint density at radius 3 is 2.91 bits per heavy atom. The van der Waals surface area contributed by atoms with E-state index >= 15 is 0 Å². The maximum atomic E-state index is 12.1. The molecule has 0 aliphatic heterocycles. The summed E-state index contributed by atoms with van der Waals surface area (Å²) in [5.41, 5.74) is 3.52. The molecule has 22 heavy (non-hydrogen) atoms. The third-order valence-electron chi connectivity index (χ3n) is 3.96. The Labute approximate surface area is 135 Å². The number of hydrogen-bond acceptors (Lipinski definition) is 1. The summed E-state index contributed by atoms with van der Waals surface area (Å²) in [6.07, 6.45) is 6.56. The molecule has 2 aromatic carbocycles. The first-order chi connectivity index (χ1) is 10.7. The predicted molar refractivity (Wildman–Crippen MR) is 90.7 cm³/mol. The van der Waals surface area contributed by atoms with Gasteiger partial charge in [-0.3, -0.25) is 4.79 Å². The van der Waals surface area contributed by atoms with Crippen molar-refractivity contribution in [1.82, 2.24) is 5.32 Å². The van der Waals surface area contributed by atoms with Gasteiger partial charge in [-0.05, 0) is 54.2 Å². The molecule has 1 amide bonds. The summed E-state index contributed by atoms with van der Waals surface area (Å²) in [4.78, 5) is 12.1. The van der Waals surface area contributed by atoms with Crippen LogP contribution < -0.4 is 5.32 Å². The third kappa shape index (κ3) is 3.58. The van der Waals surface area contributed by atoms with E-state index in [0.29, 0.717) is 5.02 Å². The van der Waals surface area contributed by atoms with Crippen molar-refractivity contribution in [2.24, 2.45) is 0 Å². The number of nitrogens with one attached hydrogen (secondary N) is 1. The quantitative estimate of drug-likeness (QED) is 0.828. The molecule has 2 aromatic rings. The Morgan fingerprint density at radius 2 is 2.05 bits per heavy atom. The standard InChI is InChI=1S/C19H18ClNO/c20-16-8-3-5-14(13-16)11-12-19(22)21-18-10-4-7-15-6-1-2-9-17(15)18/h1-3,5-6,8-9,11-13,18H,4,7,10H2,(H,21,22)/b12-11+/t18-/m0/s1. The molecule has 2 nitrogen and oxygen atoms in total. The van der Waals surface area contributed by atoms with Gasteiger partial charge in [-0.1, -0.05) is 48.0 Å². The second-order valence-electron chi connectivity index (χ2n) is 5.54. The average Bonchev–Trinajstić information content (AvgIpc) is 2.53. The number of carbonyl (C=O) groups excluding carboxylic acids is 1. The van der Waals surface area contributed by atoms with Gasteiger partial charge in [-0.2, -0.15) is 0 Å². The molecule has 1 aliphatic carbocycles. The van der Waals surface area contributed by atoms with Gasteiger partial charge in [0.2, 0.25) is 5.91 Å². The Balaban J connectivity index is 1.68. The van der Waals surface area contributed by atoms with E-state index in [1.807, 2.05) is 30.3 Å². The molecule has 0 saturated carbocycles.